The number of amides is 2. The molecule has 3 N–H and O–H groups in total. The van der Waals surface area contributed by atoms with Crippen LogP contribution in [0.2, 0.25) is 5.02 Å². The van der Waals surface area contributed by atoms with Gasteiger partial charge < -0.3 is 16.0 Å². The van der Waals surface area contributed by atoms with Gasteiger partial charge in [-0.25, -0.2) is 4.98 Å². The molecule has 0 spiro atoms. The molecule has 3 rings (SSSR count). The van der Waals surface area contributed by atoms with Gasteiger partial charge in [-0.1, -0.05) is 11.6 Å². The van der Waals surface area contributed by atoms with Gasteiger partial charge in [-0.05, 0) is 37.3 Å². The van der Waals surface area contributed by atoms with Crippen LogP contribution in [-0.2, 0) is 11.0 Å². The van der Waals surface area contributed by atoms with Crippen molar-refractivity contribution in [2.24, 2.45) is 5.73 Å². The Labute approximate surface area is 182 Å². The number of anilines is 2. The number of primary amides is 1. The number of piperazine rings is 1. The first kappa shape index (κ1) is 22.8. The van der Waals surface area contributed by atoms with Crippen LogP contribution in [0.1, 0.15) is 22.8 Å². The van der Waals surface area contributed by atoms with E-state index in [0.717, 1.165) is 12.3 Å². The van der Waals surface area contributed by atoms with Crippen LogP contribution >= 0.6 is 11.6 Å². The van der Waals surface area contributed by atoms with Gasteiger partial charge in [0.25, 0.3) is 0 Å². The summed E-state index contributed by atoms with van der Waals surface area (Å²) in [6.45, 7) is 3.71. The molecule has 1 aliphatic heterocycles. The number of nitrogens with one attached hydrogen (secondary N) is 1. The summed E-state index contributed by atoms with van der Waals surface area (Å²) in [5, 5.41) is 2.73. The molecule has 1 aromatic heterocycles. The van der Waals surface area contributed by atoms with Crippen molar-refractivity contribution in [1.82, 2.24) is 9.88 Å². The maximum Gasteiger partial charge on any atom is 0.417 e. The topological polar surface area (TPSA) is 91.6 Å². The third-order valence-electron chi connectivity index (χ3n) is 5.13. The molecule has 1 saturated heterocycles. The van der Waals surface area contributed by atoms with Crippen molar-refractivity contribution in [3.8, 4) is 0 Å². The fourth-order valence-electron chi connectivity index (χ4n) is 3.27. The Hall–Kier alpha value is -2.85. The van der Waals surface area contributed by atoms with E-state index in [1.165, 1.54) is 12.1 Å². The van der Waals surface area contributed by atoms with Crippen LogP contribution in [-0.4, -0.2) is 53.9 Å². The van der Waals surface area contributed by atoms with Crippen LogP contribution in [0.5, 0.6) is 0 Å². The fraction of sp³-hybridized carbons (Fsp3) is 0.350. The molecular weight excluding hydrogens is 435 g/mol. The first-order chi connectivity index (χ1) is 14.6. The lowest BCUT2D eigenvalue weighted by molar-refractivity contribution is -0.137. The minimum atomic E-state index is -4.50. The van der Waals surface area contributed by atoms with Crippen LogP contribution in [0, 0.1) is 0 Å². The number of halogens is 4. The van der Waals surface area contributed by atoms with Crippen molar-refractivity contribution in [2.45, 2.75) is 19.1 Å². The largest absolute Gasteiger partial charge is 0.417 e. The van der Waals surface area contributed by atoms with E-state index in [-0.39, 0.29) is 10.9 Å². The van der Waals surface area contributed by atoms with Crippen LogP contribution in [0.3, 0.4) is 0 Å². The number of nitrogens with two attached hydrogens (primary N) is 1. The summed E-state index contributed by atoms with van der Waals surface area (Å²) >= 11 is 6.03. The molecule has 1 fully saturated rings. The van der Waals surface area contributed by atoms with Gasteiger partial charge in [0.15, 0.2) is 0 Å². The summed E-state index contributed by atoms with van der Waals surface area (Å²) in [4.78, 5) is 31.3. The van der Waals surface area contributed by atoms with Crippen molar-refractivity contribution in [3.05, 3.63) is 52.7 Å². The van der Waals surface area contributed by atoms with Gasteiger partial charge in [-0.3, -0.25) is 14.5 Å². The molecule has 0 bridgehead atoms. The van der Waals surface area contributed by atoms with Gasteiger partial charge in [0.2, 0.25) is 11.8 Å². The van der Waals surface area contributed by atoms with Crippen molar-refractivity contribution >= 4 is 34.9 Å². The molecule has 1 atom stereocenters. The van der Waals surface area contributed by atoms with E-state index in [1.54, 1.807) is 24.0 Å². The standard InChI is InChI=1S/C20H21ClF3N5O2/c1-12(19(31)27-15-4-2-13(3-5-15)17(25)30)28-6-8-29(9-7-28)18-16(21)10-14(11-26-18)20(22,23)24/h2-5,10-12H,6-9H2,1H3,(H2,25,30)(H,27,31). The Morgan fingerprint density at radius 3 is 2.29 bits per heavy atom. The van der Waals surface area contributed by atoms with Crippen molar-refractivity contribution in [3.63, 3.8) is 0 Å². The number of nitrogens with zero attached hydrogens (tertiary/aromatic N) is 3. The number of alkyl halides is 3. The lowest BCUT2D eigenvalue weighted by Gasteiger charge is -2.38. The molecule has 7 nitrogen and oxygen atoms in total. The van der Waals surface area contributed by atoms with Crippen molar-refractivity contribution < 1.29 is 22.8 Å². The molecule has 0 saturated carbocycles. The minimum Gasteiger partial charge on any atom is -0.366 e. The molecule has 0 aliphatic carbocycles. The fourth-order valence-corrected chi connectivity index (χ4v) is 3.56. The molecule has 2 amide bonds. The number of carbonyl (C=O) groups is 2. The Kier molecular flexibility index (Phi) is 6.71. The van der Waals surface area contributed by atoms with Gasteiger partial charge in [0.05, 0.1) is 16.6 Å². The Morgan fingerprint density at radius 2 is 1.77 bits per heavy atom. The second-order valence-corrected chi connectivity index (χ2v) is 7.56. The zero-order valence-electron chi connectivity index (χ0n) is 16.6. The van der Waals surface area contributed by atoms with Crippen LogP contribution in [0.15, 0.2) is 36.5 Å². The number of hydrogen-bond acceptors (Lipinski definition) is 5. The van der Waals surface area contributed by atoms with Gasteiger partial charge in [-0.2, -0.15) is 13.2 Å². The number of rotatable bonds is 5. The summed E-state index contributed by atoms with van der Waals surface area (Å²) in [6, 6.07) is 6.69. The third-order valence-corrected chi connectivity index (χ3v) is 5.41. The van der Waals surface area contributed by atoms with Gasteiger partial charge in [0.1, 0.15) is 5.82 Å². The molecule has 2 heterocycles. The van der Waals surface area contributed by atoms with Gasteiger partial charge in [-0.15, -0.1) is 0 Å². The van der Waals surface area contributed by atoms with Gasteiger partial charge in [0, 0.05) is 43.6 Å². The number of benzene rings is 1. The molecule has 31 heavy (non-hydrogen) atoms. The molecule has 166 valence electrons. The molecule has 11 heteroatoms. The summed E-state index contributed by atoms with van der Waals surface area (Å²) in [6.07, 6.45) is -3.73. The molecule has 1 aromatic carbocycles. The van der Waals surface area contributed by atoms with E-state index in [4.69, 9.17) is 17.3 Å². The zero-order valence-corrected chi connectivity index (χ0v) is 17.4. The van der Waals surface area contributed by atoms with E-state index in [0.29, 0.717) is 43.2 Å². The van der Waals surface area contributed by atoms with Crippen LogP contribution in [0.4, 0.5) is 24.7 Å². The first-order valence-electron chi connectivity index (χ1n) is 9.48. The number of hydrogen-bond donors (Lipinski definition) is 2. The second kappa shape index (κ2) is 9.11. The minimum absolute atomic E-state index is 0.0616. The average Bonchev–Trinajstić information content (AvgIpc) is 2.73. The van der Waals surface area contributed by atoms with E-state index in [1.807, 2.05) is 4.90 Å². The van der Waals surface area contributed by atoms with Gasteiger partial charge >= 0.3 is 6.18 Å². The molecule has 0 radical (unpaired) electrons. The maximum absolute atomic E-state index is 12.8. The average molecular weight is 456 g/mol. The third kappa shape index (κ3) is 5.45. The lowest BCUT2D eigenvalue weighted by Crippen LogP contribution is -2.53. The highest BCUT2D eigenvalue weighted by atomic mass is 35.5. The summed E-state index contributed by atoms with van der Waals surface area (Å²) in [5.74, 6) is -0.473. The molecule has 1 aliphatic rings. The summed E-state index contributed by atoms with van der Waals surface area (Å²) in [7, 11) is 0. The zero-order chi connectivity index (χ0) is 22.8. The SMILES string of the molecule is CC(C(=O)Nc1ccc(C(N)=O)cc1)N1CCN(c2ncc(C(F)(F)F)cc2Cl)CC1. The summed E-state index contributed by atoms with van der Waals surface area (Å²) < 4.78 is 38.4. The molecular formula is C20H21ClF3N5O2. The maximum atomic E-state index is 12.8. The number of aromatic nitrogens is 1. The Morgan fingerprint density at radius 1 is 1.16 bits per heavy atom. The normalized spacial score (nSPS) is 16.1. The number of pyridine rings is 1. The molecule has 2 aromatic rings. The Balaban J connectivity index is 1.57. The summed E-state index contributed by atoms with van der Waals surface area (Å²) in [5.41, 5.74) is 5.19. The predicted molar refractivity (Wildman–Crippen MR) is 111 cm³/mol. The van der Waals surface area contributed by atoms with E-state index >= 15 is 0 Å². The smallest absolute Gasteiger partial charge is 0.366 e. The quantitative estimate of drug-likeness (QED) is 0.723. The second-order valence-electron chi connectivity index (χ2n) is 7.16. The highest BCUT2D eigenvalue weighted by Gasteiger charge is 2.33. The molecule has 1 unspecified atom stereocenters. The number of carbonyl (C=O) groups excluding carboxylic acids is 2. The highest BCUT2D eigenvalue weighted by molar-refractivity contribution is 6.33. The monoisotopic (exact) mass is 455 g/mol. The van der Waals surface area contributed by atoms with Crippen molar-refractivity contribution in [2.75, 3.05) is 36.4 Å². The first-order valence-corrected chi connectivity index (χ1v) is 9.86. The lowest BCUT2D eigenvalue weighted by atomic mass is 10.1. The van der Waals surface area contributed by atoms with E-state index < -0.39 is 23.7 Å². The van der Waals surface area contributed by atoms with E-state index in [9.17, 15) is 22.8 Å². The predicted octanol–water partition coefficient (Wildman–Crippen LogP) is 3.00. The van der Waals surface area contributed by atoms with Crippen LogP contribution in [0.25, 0.3) is 0 Å². The Bertz CT molecular complexity index is 960. The highest BCUT2D eigenvalue weighted by Crippen LogP contribution is 2.33. The van der Waals surface area contributed by atoms with Crippen molar-refractivity contribution in [1.29, 1.82) is 0 Å². The van der Waals surface area contributed by atoms with E-state index in [2.05, 4.69) is 10.3 Å². The van der Waals surface area contributed by atoms with Crippen LogP contribution < -0.4 is 16.0 Å².